The van der Waals surface area contributed by atoms with E-state index in [9.17, 15) is 4.79 Å². The molecule has 9 heteroatoms. The lowest BCUT2D eigenvalue weighted by molar-refractivity contribution is -0.128. The van der Waals surface area contributed by atoms with E-state index in [1.165, 1.54) is 16.7 Å². The first-order valence-corrected chi connectivity index (χ1v) is 8.64. The molecular weight excluding hydrogens is 338 g/mol. The smallest absolute Gasteiger partial charge is 0.233 e. The van der Waals surface area contributed by atoms with Crippen molar-refractivity contribution >= 4 is 17.7 Å². The van der Waals surface area contributed by atoms with E-state index in [0.717, 1.165) is 11.3 Å². The highest BCUT2D eigenvalue weighted by Crippen LogP contribution is 2.19. The van der Waals surface area contributed by atoms with Crippen molar-refractivity contribution in [2.75, 3.05) is 18.8 Å². The lowest BCUT2D eigenvalue weighted by Gasteiger charge is -2.19. The molecule has 0 atom stereocenters. The van der Waals surface area contributed by atoms with Gasteiger partial charge in [0.2, 0.25) is 11.1 Å². The van der Waals surface area contributed by atoms with Crippen molar-refractivity contribution in [2.45, 2.75) is 24.9 Å². The molecule has 1 heterocycles. The number of benzene rings is 1. The van der Waals surface area contributed by atoms with Gasteiger partial charge >= 0.3 is 0 Å². The molecule has 2 aromatic rings. The van der Waals surface area contributed by atoms with Crippen molar-refractivity contribution in [3.63, 3.8) is 0 Å². The van der Waals surface area contributed by atoms with Crippen LogP contribution in [0.4, 0.5) is 0 Å². The molecule has 0 N–H and O–H groups in total. The molecule has 0 aliphatic rings. The van der Waals surface area contributed by atoms with Gasteiger partial charge in [0.05, 0.1) is 36.4 Å². The zero-order valence-corrected chi connectivity index (χ0v) is 14.6. The van der Waals surface area contributed by atoms with Crippen LogP contribution in [-0.4, -0.2) is 49.9 Å². The van der Waals surface area contributed by atoms with E-state index in [1.54, 1.807) is 4.68 Å². The number of nitrogens with zero attached hydrogens (tertiary/aromatic N) is 7. The maximum absolute atomic E-state index is 12.4. The van der Waals surface area contributed by atoms with E-state index in [1.807, 2.05) is 43.3 Å². The fraction of sp³-hybridized carbons (Fsp3) is 0.375. The second kappa shape index (κ2) is 9.40. The van der Waals surface area contributed by atoms with Crippen molar-refractivity contribution in [3.05, 3.63) is 29.8 Å². The molecule has 1 aromatic carbocycles. The predicted octanol–water partition coefficient (Wildman–Crippen LogP) is 1.72. The third-order valence-electron chi connectivity index (χ3n) is 3.35. The number of rotatable bonds is 8. The molecule has 1 aromatic heterocycles. The molecule has 128 valence electrons. The van der Waals surface area contributed by atoms with Crippen LogP contribution in [0.1, 0.15) is 18.4 Å². The number of hydrogen-bond acceptors (Lipinski definition) is 7. The quantitative estimate of drug-likeness (QED) is 0.663. The first-order valence-electron chi connectivity index (χ1n) is 7.65. The summed E-state index contributed by atoms with van der Waals surface area (Å²) < 4.78 is 1.58. The van der Waals surface area contributed by atoms with E-state index in [-0.39, 0.29) is 24.5 Å². The molecule has 25 heavy (non-hydrogen) atoms. The van der Waals surface area contributed by atoms with E-state index >= 15 is 0 Å². The van der Waals surface area contributed by atoms with Crippen molar-refractivity contribution in [2.24, 2.45) is 0 Å². The molecule has 0 aliphatic heterocycles. The first kappa shape index (κ1) is 18.4. The van der Waals surface area contributed by atoms with Gasteiger partial charge in [0, 0.05) is 13.1 Å². The average molecular weight is 355 g/mol. The van der Waals surface area contributed by atoms with Gasteiger partial charge in [-0.15, -0.1) is 5.10 Å². The van der Waals surface area contributed by atoms with Gasteiger partial charge in [-0.1, -0.05) is 23.9 Å². The van der Waals surface area contributed by atoms with Gasteiger partial charge in [-0.25, -0.2) is 0 Å². The Balaban J connectivity index is 2.03. The molecule has 8 nitrogen and oxygen atoms in total. The maximum atomic E-state index is 12.4. The van der Waals surface area contributed by atoms with Crippen LogP contribution in [0.2, 0.25) is 0 Å². The van der Waals surface area contributed by atoms with E-state index < -0.39 is 0 Å². The number of carbonyl (C=O) groups is 1. The Kier molecular flexibility index (Phi) is 6.93. The fourth-order valence-corrected chi connectivity index (χ4v) is 2.93. The summed E-state index contributed by atoms with van der Waals surface area (Å²) >= 11 is 1.23. The summed E-state index contributed by atoms with van der Waals surface area (Å²) in [5, 5.41) is 29.5. The normalized spacial score (nSPS) is 10.0. The van der Waals surface area contributed by atoms with Gasteiger partial charge in [0.15, 0.2) is 0 Å². The molecule has 1 amide bonds. The Morgan fingerprint density at radius 1 is 1.28 bits per heavy atom. The Bertz CT molecular complexity index is 787. The fourth-order valence-electron chi connectivity index (χ4n) is 2.14. The van der Waals surface area contributed by atoms with Gasteiger partial charge in [0.1, 0.15) is 0 Å². The minimum Gasteiger partial charge on any atom is -0.340 e. The highest BCUT2D eigenvalue weighted by atomic mass is 32.2. The number of aryl methyl sites for hydroxylation is 1. The monoisotopic (exact) mass is 355 g/mol. The molecule has 0 spiro atoms. The Morgan fingerprint density at radius 2 is 2.00 bits per heavy atom. The third kappa shape index (κ3) is 5.30. The second-order valence-electron chi connectivity index (χ2n) is 5.20. The molecule has 0 saturated heterocycles. The topological polar surface area (TPSA) is 111 Å². The first-order chi connectivity index (χ1) is 12.2. The summed E-state index contributed by atoms with van der Waals surface area (Å²) in [6.07, 6.45) is 0.478. The van der Waals surface area contributed by atoms with Gasteiger partial charge in [-0.05, 0) is 35.0 Å². The van der Waals surface area contributed by atoms with Crippen LogP contribution < -0.4 is 0 Å². The summed E-state index contributed by atoms with van der Waals surface area (Å²) in [5.74, 6) is -0.00226. The van der Waals surface area contributed by atoms with Crippen LogP contribution in [0.3, 0.4) is 0 Å². The minimum atomic E-state index is -0.144. The molecule has 0 unspecified atom stereocenters. The van der Waals surface area contributed by atoms with Crippen LogP contribution in [0.25, 0.3) is 5.69 Å². The number of aromatic nitrogens is 4. The molecule has 0 aliphatic carbocycles. The summed E-state index contributed by atoms with van der Waals surface area (Å²) in [7, 11) is 0. The number of amides is 1. The average Bonchev–Trinajstić information content (AvgIpc) is 3.08. The Morgan fingerprint density at radius 3 is 2.64 bits per heavy atom. The number of nitriles is 2. The lowest BCUT2D eigenvalue weighted by atomic mass is 10.2. The van der Waals surface area contributed by atoms with Crippen LogP contribution in [0.15, 0.2) is 29.4 Å². The van der Waals surface area contributed by atoms with Crippen LogP contribution >= 0.6 is 11.8 Å². The SMILES string of the molecule is Cc1cccc(-n2nnnc2SCC(=O)N(CCC#N)CCC#N)c1. The van der Waals surface area contributed by atoms with E-state index in [2.05, 4.69) is 15.5 Å². The third-order valence-corrected chi connectivity index (χ3v) is 4.26. The van der Waals surface area contributed by atoms with Crippen LogP contribution in [-0.2, 0) is 4.79 Å². The van der Waals surface area contributed by atoms with Crippen molar-refractivity contribution in [1.82, 2.24) is 25.1 Å². The number of tetrazole rings is 1. The molecule has 0 saturated carbocycles. The molecule has 0 fully saturated rings. The zero-order chi connectivity index (χ0) is 18.1. The van der Waals surface area contributed by atoms with Gasteiger partial charge in [-0.3, -0.25) is 4.79 Å². The van der Waals surface area contributed by atoms with E-state index in [4.69, 9.17) is 10.5 Å². The van der Waals surface area contributed by atoms with Crippen LogP contribution in [0, 0.1) is 29.6 Å². The largest absolute Gasteiger partial charge is 0.340 e. The summed E-state index contributed by atoms with van der Waals surface area (Å²) in [6.45, 7) is 2.62. The summed E-state index contributed by atoms with van der Waals surface area (Å²) in [5.41, 5.74) is 1.91. The highest BCUT2D eigenvalue weighted by Gasteiger charge is 2.16. The standard InChI is InChI=1S/C16H17N7OS/c1-13-5-2-6-14(11-13)23-16(19-20-21-23)25-12-15(24)22(9-3-7-17)10-4-8-18/h2,5-6,11H,3-4,9-10,12H2,1H3. The molecule has 0 bridgehead atoms. The highest BCUT2D eigenvalue weighted by molar-refractivity contribution is 7.99. The van der Waals surface area contributed by atoms with E-state index in [0.29, 0.717) is 18.2 Å². The number of hydrogen-bond donors (Lipinski definition) is 0. The summed E-state index contributed by atoms with van der Waals surface area (Å²) in [6, 6.07) is 11.8. The molecular formula is C16H17N7OS. The molecule has 0 radical (unpaired) electrons. The number of thioether (sulfide) groups is 1. The predicted molar refractivity (Wildman–Crippen MR) is 91.7 cm³/mol. The van der Waals surface area contributed by atoms with Crippen LogP contribution in [0.5, 0.6) is 0 Å². The van der Waals surface area contributed by atoms with Gasteiger partial charge in [-0.2, -0.15) is 15.2 Å². The maximum Gasteiger partial charge on any atom is 0.233 e. The lowest BCUT2D eigenvalue weighted by Crippen LogP contribution is -2.34. The Labute approximate surface area is 150 Å². The van der Waals surface area contributed by atoms with Gasteiger partial charge < -0.3 is 4.90 Å². The Hall–Kier alpha value is -2.91. The number of carbonyl (C=O) groups excluding carboxylic acids is 1. The molecule has 2 rings (SSSR count). The minimum absolute atomic E-state index is 0.142. The second-order valence-corrected chi connectivity index (χ2v) is 6.14. The van der Waals surface area contributed by atoms with Crippen molar-refractivity contribution < 1.29 is 4.79 Å². The zero-order valence-electron chi connectivity index (χ0n) is 13.8. The summed E-state index contributed by atoms with van der Waals surface area (Å²) in [4.78, 5) is 13.9. The van der Waals surface area contributed by atoms with Crippen molar-refractivity contribution in [3.8, 4) is 17.8 Å². The van der Waals surface area contributed by atoms with Gasteiger partial charge in [0.25, 0.3) is 0 Å². The van der Waals surface area contributed by atoms with Crippen molar-refractivity contribution in [1.29, 1.82) is 10.5 Å².